The molecule has 0 saturated heterocycles. The Bertz CT molecular complexity index is 642. The number of aryl methyl sites for hydroxylation is 1. The van der Waals surface area contributed by atoms with E-state index in [1.54, 1.807) is 0 Å². The Hall–Kier alpha value is -1.44. The molecule has 3 rings (SSSR count). The Kier molecular flexibility index (Phi) is 5.46. The summed E-state index contributed by atoms with van der Waals surface area (Å²) in [5.41, 5.74) is 4.01. The fourth-order valence-electron chi connectivity index (χ4n) is 4.56. The van der Waals surface area contributed by atoms with E-state index in [0.717, 1.165) is 17.9 Å². The van der Waals surface area contributed by atoms with Crippen molar-refractivity contribution >= 4 is 0 Å². The number of ether oxygens (including phenoxy) is 2. The average molecular weight is 343 g/mol. The molecule has 25 heavy (non-hydrogen) atoms. The van der Waals surface area contributed by atoms with Crippen molar-refractivity contribution in [2.24, 2.45) is 5.92 Å². The summed E-state index contributed by atoms with van der Waals surface area (Å²) in [4.78, 5) is 0. The topological polar surface area (TPSA) is 18.5 Å². The van der Waals surface area contributed by atoms with Gasteiger partial charge in [-0.05, 0) is 71.1 Å². The molecule has 0 N–H and O–H groups in total. The Morgan fingerprint density at radius 3 is 2.72 bits per heavy atom. The highest BCUT2D eigenvalue weighted by atomic mass is 16.5. The molecule has 1 aromatic carbocycles. The Balaban J connectivity index is 2.04. The van der Waals surface area contributed by atoms with Crippen LogP contribution >= 0.6 is 0 Å². The largest absolute Gasteiger partial charge is 0.493 e. The molecule has 1 heterocycles. The SMILES string of the molecule is CCCCCc1cc(OCC)c2c(c1)OC(C)(C)[C@@H]1CCC(C)=C[C@@H]21. The maximum absolute atomic E-state index is 6.55. The minimum absolute atomic E-state index is 0.125. The fraction of sp³-hybridized carbons (Fsp3) is 0.652. The van der Waals surface area contributed by atoms with Crippen LogP contribution in [0.5, 0.6) is 11.5 Å². The van der Waals surface area contributed by atoms with Gasteiger partial charge in [0.15, 0.2) is 0 Å². The van der Waals surface area contributed by atoms with Crippen molar-refractivity contribution in [3.8, 4) is 11.5 Å². The molecule has 0 radical (unpaired) electrons. The molecule has 0 fully saturated rings. The third-order valence-corrected chi connectivity index (χ3v) is 5.88. The van der Waals surface area contributed by atoms with E-state index in [1.807, 2.05) is 0 Å². The van der Waals surface area contributed by atoms with Gasteiger partial charge in [0.2, 0.25) is 0 Å². The molecular formula is C23H34O2. The van der Waals surface area contributed by atoms with Crippen LogP contribution in [0.15, 0.2) is 23.8 Å². The summed E-state index contributed by atoms with van der Waals surface area (Å²) in [7, 11) is 0. The zero-order chi connectivity index (χ0) is 18.0. The molecule has 2 aliphatic rings. The van der Waals surface area contributed by atoms with Crippen LogP contribution in [0.2, 0.25) is 0 Å². The number of hydrogen-bond acceptors (Lipinski definition) is 2. The van der Waals surface area contributed by atoms with E-state index in [0.29, 0.717) is 18.4 Å². The van der Waals surface area contributed by atoms with Crippen LogP contribution in [0, 0.1) is 5.92 Å². The average Bonchev–Trinajstić information content (AvgIpc) is 2.54. The van der Waals surface area contributed by atoms with Crippen LogP contribution in [0.25, 0.3) is 0 Å². The first-order valence-corrected chi connectivity index (χ1v) is 10.1. The second kappa shape index (κ2) is 7.43. The lowest BCUT2D eigenvalue weighted by molar-refractivity contribution is 0.0105. The molecule has 0 aromatic heterocycles. The maximum Gasteiger partial charge on any atom is 0.127 e. The molecule has 1 aliphatic carbocycles. The molecule has 138 valence electrons. The van der Waals surface area contributed by atoms with Crippen LogP contribution in [-0.4, -0.2) is 12.2 Å². The van der Waals surface area contributed by atoms with Gasteiger partial charge in [0.1, 0.15) is 17.1 Å². The summed E-state index contributed by atoms with van der Waals surface area (Å²) in [6, 6.07) is 4.55. The monoisotopic (exact) mass is 342 g/mol. The van der Waals surface area contributed by atoms with Gasteiger partial charge in [-0.25, -0.2) is 0 Å². The molecule has 1 aromatic rings. The van der Waals surface area contributed by atoms with Crippen LogP contribution in [0.4, 0.5) is 0 Å². The van der Waals surface area contributed by atoms with Crippen molar-refractivity contribution in [1.82, 2.24) is 0 Å². The highest BCUT2D eigenvalue weighted by Crippen LogP contribution is 2.53. The number of benzene rings is 1. The fourth-order valence-corrected chi connectivity index (χ4v) is 4.56. The number of unbranched alkanes of at least 4 members (excludes halogenated alkanes) is 2. The first-order chi connectivity index (χ1) is 12.0. The molecule has 1 aliphatic heterocycles. The molecule has 0 bridgehead atoms. The third-order valence-electron chi connectivity index (χ3n) is 5.88. The Labute approximate surface area is 153 Å². The highest BCUT2D eigenvalue weighted by molar-refractivity contribution is 5.54. The summed E-state index contributed by atoms with van der Waals surface area (Å²) in [5.74, 6) is 3.03. The first-order valence-electron chi connectivity index (χ1n) is 10.1. The molecule has 2 heteroatoms. The van der Waals surface area contributed by atoms with E-state index in [4.69, 9.17) is 9.47 Å². The van der Waals surface area contributed by atoms with Crippen molar-refractivity contribution in [3.63, 3.8) is 0 Å². The maximum atomic E-state index is 6.55. The number of allylic oxidation sites excluding steroid dienone is 2. The minimum Gasteiger partial charge on any atom is -0.493 e. The Morgan fingerprint density at radius 1 is 1.20 bits per heavy atom. The lowest BCUT2D eigenvalue weighted by Crippen LogP contribution is -2.45. The molecular weight excluding hydrogens is 308 g/mol. The number of rotatable bonds is 6. The molecule has 0 unspecified atom stereocenters. The van der Waals surface area contributed by atoms with E-state index < -0.39 is 0 Å². The summed E-state index contributed by atoms with van der Waals surface area (Å²) in [5, 5.41) is 0. The van der Waals surface area contributed by atoms with E-state index in [9.17, 15) is 0 Å². The van der Waals surface area contributed by atoms with E-state index >= 15 is 0 Å². The van der Waals surface area contributed by atoms with Crippen molar-refractivity contribution in [2.45, 2.75) is 84.7 Å². The highest BCUT2D eigenvalue weighted by Gasteiger charge is 2.45. The molecule has 0 amide bonds. The number of hydrogen-bond donors (Lipinski definition) is 0. The molecule has 2 nitrogen and oxygen atoms in total. The van der Waals surface area contributed by atoms with E-state index in [-0.39, 0.29) is 5.60 Å². The van der Waals surface area contributed by atoms with Gasteiger partial charge in [-0.2, -0.15) is 0 Å². The van der Waals surface area contributed by atoms with Gasteiger partial charge in [0.25, 0.3) is 0 Å². The third kappa shape index (κ3) is 3.73. The van der Waals surface area contributed by atoms with Gasteiger partial charge in [0.05, 0.1) is 6.61 Å². The van der Waals surface area contributed by atoms with Crippen molar-refractivity contribution in [1.29, 1.82) is 0 Å². The molecule has 0 saturated carbocycles. The summed E-state index contributed by atoms with van der Waals surface area (Å²) in [6.07, 6.45) is 9.71. The summed E-state index contributed by atoms with van der Waals surface area (Å²) >= 11 is 0. The van der Waals surface area contributed by atoms with Crippen molar-refractivity contribution in [3.05, 3.63) is 34.9 Å². The van der Waals surface area contributed by atoms with Crippen molar-refractivity contribution < 1.29 is 9.47 Å². The number of fused-ring (bicyclic) bond motifs is 3. The lowest BCUT2D eigenvalue weighted by atomic mass is 9.68. The second-order valence-electron chi connectivity index (χ2n) is 8.29. The normalized spacial score (nSPS) is 24.0. The predicted octanol–water partition coefficient (Wildman–Crippen LogP) is 6.43. The van der Waals surface area contributed by atoms with Crippen molar-refractivity contribution in [2.75, 3.05) is 6.61 Å². The van der Waals surface area contributed by atoms with E-state index in [1.165, 1.54) is 48.8 Å². The summed E-state index contributed by atoms with van der Waals surface area (Å²) in [6.45, 7) is 11.8. The van der Waals surface area contributed by atoms with Crippen LogP contribution in [0.1, 0.15) is 83.8 Å². The zero-order valence-corrected chi connectivity index (χ0v) is 16.7. The summed E-state index contributed by atoms with van der Waals surface area (Å²) < 4.78 is 12.6. The van der Waals surface area contributed by atoms with E-state index in [2.05, 4.69) is 52.8 Å². The smallest absolute Gasteiger partial charge is 0.127 e. The minimum atomic E-state index is -0.125. The van der Waals surface area contributed by atoms with Crippen LogP contribution in [0.3, 0.4) is 0 Å². The lowest BCUT2D eigenvalue weighted by Gasteiger charge is -2.46. The second-order valence-corrected chi connectivity index (χ2v) is 8.29. The van der Waals surface area contributed by atoms with Crippen LogP contribution in [-0.2, 0) is 6.42 Å². The van der Waals surface area contributed by atoms with Gasteiger partial charge < -0.3 is 9.47 Å². The van der Waals surface area contributed by atoms with Gasteiger partial charge in [0, 0.05) is 17.4 Å². The first kappa shape index (κ1) is 18.4. The predicted molar refractivity (Wildman–Crippen MR) is 105 cm³/mol. The van der Waals surface area contributed by atoms with Gasteiger partial charge in [-0.3, -0.25) is 0 Å². The van der Waals surface area contributed by atoms with Crippen LogP contribution < -0.4 is 9.47 Å². The quantitative estimate of drug-likeness (QED) is 0.438. The van der Waals surface area contributed by atoms with Gasteiger partial charge >= 0.3 is 0 Å². The molecule has 2 atom stereocenters. The Morgan fingerprint density at radius 2 is 2.00 bits per heavy atom. The molecule has 0 spiro atoms. The van der Waals surface area contributed by atoms with Gasteiger partial charge in [-0.15, -0.1) is 0 Å². The zero-order valence-electron chi connectivity index (χ0n) is 16.7. The van der Waals surface area contributed by atoms with Gasteiger partial charge in [-0.1, -0.05) is 31.4 Å². The standard InChI is InChI=1S/C23H34O2/c1-6-8-9-10-17-14-20(24-7-2)22-18-13-16(3)11-12-19(18)23(4,5)25-21(22)15-17/h13-15,18-19H,6-12H2,1-5H3/t18-,19-/m1/s1.